The Morgan fingerprint density at radius 1 is 1.38 bits per heavy atom. The monoisotopic (exact) mass is 282 g/mol. The van der Waals surface area contributed by atoms with Crippen molar-refractivity contribution in [3.05, 3.63) is 28.8 Å². The van der Waals surface area contributed by atoms with Crippen molar-refractivity contribution in [3.63, 3.8) is 0 Å². The maximum Gasteiger partial charge on any atom is 0.150 e. The molecule has 0 aliphatic heterocycles. The molecule has 0 aromatic heterocycles. The van der Waals surface area contributed by atoms with E-state index in [0.29, 0.717) is 16.3 Å². The molecule has 1 aromatic rings. The molecule has 6 heteroatoms. The summed E-state index contributed by atoms with van der Waals surface area (Å²) in [5, 5.41) is 0.520. The molecule has 0 amide bonds. The normalized spacial score (nSPS) is 11.4. The first-order valence-electron chi connectivity index (χ1n) is 4.58. The van der Waals surface area contributed by atoms with Gasteiger partial charge in [0.25, 0.3) is 0 Å². The largest absolute Gasteiger partial charge is 0.492 e. The molecule has 0 heterocycles. The topological polar surface area (TPSA) is 43.4 Å². The second kappa shape index (κ2) is 5.75. The number of hydrogen-bond donors (Lipinski definition) is 0. The van der Waals surface area contributed by atoms with Gasteiger partial charge in [0.05, 0.1) is 11.6 Å². The lowest BCUT2D eigenvalue weighted by Crippen LogP contribution is -2.12. The molecule has 0 bridgehead atoms. The summed E-state index contributed by atoms with van der Waals surface area (Å²) in [7, 11) is -3.01. The van der Waals surface area contributed by atoms with Crippen molar-refractivity contribution in [1.82, 2.24) is 0 Å². The average Bonchev–Trinajstić information content (AvgIpc) is 2.16. The van der Waals surface area contributed by atoms with E-state index in [1.165, 1.54) is 0 Å². The third kappa shape index (κ3) is 4.20. The summed E-state index contributed by atoms with van der Waals surface area (Å²) in [6, 6.07) is 5.16. The molecule has 0 saturated carbocycles. The summed E-state index contributed by atoms with van der Waals surface area (Å²) in [4.78, 5) is 0. The van der Waals surface area contributed by atoms with Crippen LogP contribution < -0.4 is 4.74 Å². The lowest BCUT2D eigenvalue weighted by molar-refractivity contribution is 0.338. The van der Waals surface area contributed by atoms with E-state index in [1.54, 1.807) is 18.2 Å². The van der Waals surface area contributed by atoms with Crippen molar-refractivity contribution in [3.8, 4) is 5.75 Å². The summed E-state index contributed by atoms with van der Waals surface area (Å²) in [6.45, 7) is 0.100. The van der Waals surface area contributed by atoms with Crippen LogP contribution in [-0.4, -0.2) is 27.0 Å². The fourth-order valence-corrected chi connectivity index (χ4v) is 2.07. The van der Waals surface area contributed by atoms with E-state index in [2.05, 4.69) is 0 Å². The maximum atomic E-state index is 10.9. The van der Waals surface area contributed by atoms with Crippen LogP contribution in [0.15, 0.2) is 18.2 Å². The van der Waals surface area contributed by atoms with Gasteiger partial charge in [0.15, 0.2) is 9.84 Å². The predicted molar refractivity (Wildman–Crippen MR) is 66.2 cm³/mol. The molecule has 0 saturated heterocycles. The highest BCUT2D eigenvalue weighted by molar-refractivity contribution is 7.90. The number of hydrogen-bond acceptors (Lipinski definition) is 3. The van der Waals surface area contributed by atoms with Crippen LogP contribution in [0.3, 0.4) is 0 Å². The fourth-order valence-electron chi connectivity index (χ4n) is 1.11. The minimum atomic E-state index is -3.01. The molecule has 90 valence electrons. The molecule has 0 atom stereocenters. The van der Waals surface area contributed by atoms with E-state index in [0.717, 1.165) is 6.26 Å². The van der Waals surface area contributed by atoms with Crippen LogP contribution in [0.25, 0.3) is 0 Å². The Balaban J connectivity index is 2.71. The first-order valence-corrected chi connectivity index (χ1v) is 7.55. The molecule has 0 aliphatic carbocycles. The average molecular weight is 283 g/mol. The van der Waals surface area contributed by atoms with Crippen molar-refractivity contribution in [2.24, 2.45) is 0 Å². The molecule has 0 spiro atoms. The number of ether oxygens (including phenoxy) is 1. The van der Waals surface area contributed by atoms with E-state index >= 15 is 0 Å². The molecular formula is C10H12Cl2O3S. The molecule has 1 aromatic carbocycles. The minimum absolute atomic E-state index is 0.0265. The number of halogens is 2. The quantitative estimate of drug-likeness (QED) is 0.780. The van der Waals surface area contributed by atoms with Gasteiger partial charge >= 0.3 is 0 Å². The first-order chi connectivity index (χ1) is 7.44. The minimum Gasteiger partial charge on any atom is -0.492 e. The van der Waals surface area contributed by atoms with Gasteiger partial charge in [-0.3, -0.25) is 0 Å². The fraction of sp³-hybridized carbons (Fsp3) is 0.400. The van der Waals surface area contributed by atoms with Crippen LogP contribution in [0, 0.1) is 0 Å². The molecule has 0 aliphatic rings. The van der Waals surface area contributed by atoms with Gasteiger partial charge in [-0.05, 0) is 12.1 Å². The van der Waals surface area contributed by atoms with Crippen LogP contribution in [0.1, 0.15) is 5.56 Å². The molecule has 1 rings (SSSR count). The van der Waals surface area contributed by atoms with Crippen LogP contribution >= 0.6 is 23.2 Å². The third-order valence-corrected chi connectivity index (χ3v) is 3.45. The predicted octanol–water partition coefficient (Wildman–Crippen LogP) is 2.50. The van der Waals surface area contributed by atoms with Crippen molar-refractivity contribution in [2.45, 2.75) is 5.88 Å². The van der Waals surface area contributed by atoms with Crippen molar-refractivity contribution in [2.75, 3.05) is 18.6 Å². The van der Waals surface area contributed by atoms with Crippen LogP contribution in [0.4, 0.5) is 0 Å². The van der Waals surface area contributed by atoms with E-state index in [1.807, 2.05) is 0 Å². The van der Waals surface area contributed by atoms with E-state index < -0.39 is 9.84 Å². The third-order valence-electron chi connectivity index (χ3n) is 1.92. The highest BCUT2D eigenvalue weighted by Gasteiger charge is 2.08. The second-order valence-corrected chi connectivity index (χ2v) is 6.26. The maximum absolute atomic E-state index is 10.9. The van der Waals surface area contributed by atoms with Gasteiger partial charge in [0.2, 0.25) is 0 Å². The molecule has 16 heavy (non-hydrogen) atoms. The summed E-state index contributed by atoms with van der Waals surface area (Å²) < 4.78 is 27.2. The van der Waals surface area contributed by atoms with Crippen LogP contribution in [0.2, 0.25) is 5.02 Å². The van der Waals surface area contributed by atoms with Gasteiger partial charge in [-0.25, -0.2) is 8.42 Å². The highest BCUT2D eigenvalue weighted by atomic mass is 35.5. The van der Waals surface area contributed by atoms with Crippen LogP contribution in [0.5, 0.6) is 5.75 Å². The summed E-state index contributed by atoms with van der Waals surface area (Å²) in [5.74, 6) is 0.737. The Hall–Kier alpha value is -0.450. The summed E-state index contributed by atoms with van der Waals surface area (Å²) in [6.07, 6.45) is 1.16. The lowest BCUT2D eigenvalue weighted by Gasteiger charge is -2.10. The Bertz CT molecular complexity index is 457. The zero-order valence-corrected chi connectivity index (χ0v) is 11.1. The Morgan fingerprint density at radius 2 is 2.06 bits per heavy atom. The number of benzene rings is 1. The number of sulfone groups is 1. The summed E-state index contributed by atoms with van der Waals surface area (Å²) >= 11 is 11.6. The van der Waals surface area contributed by atoms with E-state index in [-0.39, 0.29) is 18.2 Å². The van der Waals surface area contributed by atoms with Crippen molar-refractivity contribution in [1.29, 1.82) is 0 Å². The van der Waals surface area contributed by atoms with E-state index in [4.69, 9.17) is 27.9 Å². The first kappa shape index (κ1) is 13.6. The van der Waals surface area contributed by atoms with Gasteiger partial charge in [0.1, 0.15) is 12.4 Å². The SMILES string of the molecule is CS(=O)(=O)CCOc1cccc(Cl)c1CCl. The van der Waals surface area contributed by atoms with Gasteiger partial charge in [-0.2, -0.15) is 0 Å². The zero-order chi connectivity index (χ0) is 12.2. The van der Waals surface area contributed by atoms with Gasteiger partial charge < -0.3 is 4.74 Å². The second-order valence-electron chi connectivity index (χ2n) is 3.33. The molecule has 3 nitrogen and oxygen atoms in total. The number of alkyl halides is 1. The molecule has 0 N–H and O–H groups in total. The van der Waals surface area contributed by atoms with Crippen molar-refractivity contribution < 1.29 is 13.2 Å². The molecule has 0 fully saturated rings. The van der Waals surface area contributed by atoms with Gasteiger partial charge in [-0.1, -0.05) is 17.7 Å². The van der Waals surface area contributed by atoms with E-state index in [9.17, 15) is 8.42 Å². The van der Waals surface area contributed by atoms with Crippen molar-refractivity contribution >= 4 is 33.0 Å². The Morgan fingerprint density at radius 3 is 2.62 bits per heavy atom. The molecule has 0 radical (unpaired) electrons. The smallest absolute Gasteiger partial charge is 0.150 e. The van der Waals surface area contributed by atoms with Gasteiger partial charge in [0, 0.05) is 16.8 Å². The molecule has 0 unspecified atom stereocenters. The van der Waals surface area contributed by atoms with Gasteiger partial charge in [-0.15, -0.1) is 11.6 Å². The molecular weight excluding hydrogens is 271 g/mol. The lowest BCUT2D eigenvalue weighted by atomic mass is 10.2. The Kier molecular flexibility index (Phi) is 4.89. The van der Waals surface area contributed by atoms with Crippen LogP contribution in [-0.2, 0) is 15.7 Å². The standard InChI is InChI=1S/C10H12Cl2O3S/c1-16(13,14)6-5-15-10-4-2-3-9(12)8(10)7-11/h2-4H,5-7H2,1H3. The number of rotatable bonds is 5. The highest BCUT2D eigenvalue weighted by Crippen LogP contribution is 2.27. The Labute approximate surface area is 105 Å². The summed E-state index contributed by atoms with van der Waals surface area (Å²) in [5.41, 5.74) is 0.680. The zero-order valence-electron chi connectivity index (χ0n) is 8.74.